The number of aromatic nitrogens is 3. The number of hydrogen-bond acceptors (Lipinski definition) is 5. The van der Waals surface area contributed by atoms with Crippen molar-refractivity contribution < 1.29 is 0 Å². The number of para-hydroxylation sites is 2. The lowest BCUT2D eigenvalue weighted by atomic mass is 10.3. The zero-order chi connectivity index (χ0) is 18.8. The zero-order valence-corrected chi connectivity index (χ0v) is 16.5. The van der Waals surface area contributed by atoms with E-state index >= 15 is 0 Å². The summed E-state index contributed by atoms with van der Waals surface area (Å²) < 4.78 is 4.55. The predicted molar refractivity (Wildman–Crippen MR) is 115 cm³/mol. The molecule has 0 amide bonds. The molecule has 27 heavy (non-hydrogen) atoms. The number of thiazole rings is 1. The summed E-state index contributed by atoms with van der Waals surface area (Å²) in [6.07, 6.45) is 5.44. The van der Waals surface area contributed by atoms with Crippen molar-refractivity contribution in [2.24, 2.45) is 0 Å². The van der Waals surface area contributed by atoms with Crippen LogP contribution in [-0.2, 0) is 0 Å². The van der Waals surface area contributed by atoms with Crippen molar-refractivity contribution in [2.45, 2.75) is 5.16 Å². The van der Waals surface area contributed by atoms with Gasteiger partial charge in [-0.15, -0.1) is 6.42 Å². The van der Waals surface area contributed by atoms with Gasteiger partial charge in [-0.1, -0.05) is 65.4 Å². The maximum Gasteiger partial charge on any atom is 0.278 e. The number of thioether (sulfide) groups is 1. The molecule has 2 heterocycles. The second kappa shape index (κ2) is 7.53. The van der Waals surface area contributed by atoms with Gasteiger partial charge in [0.25, 0.3) is 5.56 Å². The lowest BCUT2D eigenvalue weighted by Crippen LogP contribution is -2.21. The molecular weight excluding hydrogens is 394 g/mol. The van der Waals surface area contributed by atoms with Gasteiger partial charge in [0, 0.05) is 5.69 Å². The molecule has 7 heteroatoms. The highest BCUT2D eigenvalue weighted by Gasteiger charge is 2.18. The molecule has 0 atom stereocenters. The zero-order valence-electron chi connectivity index (χ0n) is 14.0. The quantitative estimate of drug-likeness (QED) is 0.213. The summed E-state index contributed by atoms with van der Waals surface area (Å²) in [7, 11) is 0. The molecule has 0 bridgehead atoms. The van der Waals surface area contributed by atoms with Crippen LogP contribution in [0.1, 0.15) is 0 Å². The molecule has 0 saturated heterocycles. The van der Waals surface area contributed by atoms with Crippen LogP contribution in [0.5, 0.6) is 0 Å². The minimum atomic E-state index is -0.142. The first kappa shape index (κ1) is 17.7. The summed E-state index contributed by atoms with van der Waals surface area (Å²) in [6.45, 7) is 0. The summed E-state index contributed by atoms with van der Waals surface area (Å²) in [5, 5.41) is 0.550. The summed E-state index contributed by atoms with van der Waals surface area (Å²) in [6, 6.07) is 19.1. The molecule has 2 aromatic heterocycles. The Morgan fingerprint density at radius 1 is 1.04 bits per heavy atom. The average molecular weight is 408 g/mol. The summed E-state index contributed by atoms with van der Waals surface area (Å²) >= 11 is 8.17. The normalized spacial score (nSPS) is 10.8. The number of hydrogen-bond donors (Lipinski definition) is 0. The van der Waals surface area contributed by atoms with Crippen molar-refractivity contribution in [3.8, 4) is 23.7 Å². The highest BCUT2D eigenvalue weighted by molar-refractivity contribution is 7.99. The third-order valence-electron chi connectivity index (χ3n) is 3.89. The molecule has 4 rings (SSSR count). The van der Waals surface area contributed by atoms with Gasteiger partial charge in [-0.3, -0.25) is 13.9 Å². The molecule has 0 fully saturated rings. The number of nitrogens with zero attached hydrogens (tertiary/aromatic N) is 3. The SMILES string of the molecule is C#CCSc1nc2c(sc(=S)n2-c2ccccc2)c(=O)n1-c1ccccc1. The number of benzene rings is 2. The predicted octanol–water partition coefficient (Wildman–Crippen LogP) is 4.69. The van der Waals surface area contributed by atoms with Gasteiger partial charge in [-0.25, -0.2) is 4.98 Å². The van der Waals surface area contributed by atoms with Crippen LogP contribution < -0.4 is 5.56 Å². The topological polar surface area (TPSA) is 39.8 Å². The lowest BCUT2D eigenvalue weighted by molar-refractivity contribution is 0.813. The van der Waals surface area contributed by atoms with Gasteiger partial charge in [0.2, 0.25) is 0 Å². The van der Waals surface area contributed by atoms with E-state index in [-0.39, 0.29) is 5.56 Å². The minimum absolute atomic E-state index is 0.142. The van der Waals surface area contributed by atoms with E-state index in [9.17, 15) is 4.79 Å². The van der Waals surface area contributed by atoms with E-state index in [1.165, 1.54) is 23.1 Å². The highest BCUT2D eigenvalue weighted by Crippen LogP contribution is 2.27. The standard InChI is InChI=1S/C20H13N3OS3/c1-2-13-26-19-21-17-16(18(24)23(19)15-11-7-4-8-12-15)27-20(25)22(17)14-9-5-3-6-10-14/h1,3-12H,13H2. The maximum absolute atomic E-state index is 13.3. The second-order valence-corrected chi connectivity index (χ2v) is 8.14. The Hall–Kier alpha value is -2.66. The Bertz CT molecular complexity index is 1270. The van der Waals surface area contributed by atoms with Crippen molar-refractivity contribution in [2.75, 3.05) is 5.75 Å². The molecule has 0 saturated carbocycles. The number of rotatable bonds is 4. The second-order valence-electron chi connectivity index (χ2n) is 5.55. The number of terminal acetylenes is 1. The Balaban J connectivity index is 2.06. The fraction of sp³-hybridized carbons (Fsp3) is 0.0500. The summed E-state index contributed by atoms with van der Waals surface area (Å²) in [5.74, 6) is 3.01. The van der Waals surface area contributed by atoms with Crippen molar-refractivity contribution in [1.29, 1.82) is 0 Å². The largest absolute Gasteiger partial charge is 0.278 e. The minimum Gasteiger partial charge on any atom is -0.275 e. The van der Waals surface area contributed by atoms with Crippen molar-refractivity contribution >= 4 is 45.7 Å². The molecule has 4 nitrogen and oxygen atoms in total. The van der Waals surface area contributed by atoms with E-state index in [1.807, 2.05) is 65.2 Å². The van der Waals surface area contributed by atoms with Crippen LogP contribution in [-0.4, -0.2) is 19.9 Å². The summed E-state index contributed by atoms with van der Waals surface area (Å²) in [5.41, 5.74) is 2.05. The van der Waals surface area contributed by atoms with E-state index in [4.69, 9.17) is 23.6 Å². The Labute approximate surface area is 169 Å². The van der Waals surface area contributed by atoms with Crippen LogP contribution >= 0.6 is 35.3 Å². The third-order valence-corrected chi connectivity index (χ3v) is 6.08. The van der Waals surface area contributed by atoms with E-state index in [0.29, 0.717) is 25.2 Å². The third kappa shape index (κ3) is 3.23. The van der Waals surface area contributed by atoms with E-state index < -0.39 is 0 Å². The Morgan fingerprint density at radius 2 is 1.63 bits per heavy atom. The molecule has 4 aromatic rings. The molecule has 2 aromatic carbocycles. The van der Waals surface area contributed by atoms with Crippen LogP contribution in [0, 0.1) is 16.3 Å². The molecule has 0 N–H and O–H groups in total. The lowest BCUT2D eigenvalue weighted by Gasteiger charge is -2.12. The fourth-order valence-electron chi connectivity index (χ4n) is 2.75. The van der Waals surface area contributed by atoms with E-state index in [2.05, 4.69) is 5.92 Å². The average Bonchev–Trinajstić information content (AvgIpc) is 3.04. The van der Waals surface area contributed by atoms with Crippen LogP contribution in [0.3, 0.4) is 0 Å². The monoisotopic (exact) mass is 407 g/mol. The van der Waals surface area contributed by atoms with Crippen molar-refractivity contribution in [3.63, 3.8) is 0 Å². The van der Waals surface area contributed by atoms with Gasteiger partial charge in [-0.05, 0) is 36.5 Å². The Morgan fingerprint density at radius 3 is 2.22 bits per heavy atom. The van der Waals surface area contributed by atoms with Gasteiger partial charge >= 0.3 is 0 Å². The highest BCUT2D eigenvalue weighted by atomic mass is 32.2. The molecule has 0 spiro atoms. The van der Waals surface area contributed by atoms with Crippen LogP contribution in [0.15, 0.2) is 70.6 Å². The van der Waals surface area contributed by atoms with Gasteiger partial charge in [0.1, 0.15) is 4.70 Å². The van der Waals surface area contributed by atoms with Crippen LogP contribution in [0.25, 0.3) is 21.7 Å². The van der Waals surface area contributed by atoms with Gasteiger partial charge in [0.05, 0.1) is 11.4 Å². The van der Waals surface area contributed by atoms with Gasteiger partial charge < -0.3 is 0 Å². The summed E-state index contributed by atoms with van der Waals surface area (Å²) in [4.78, 5) is 18.1. The van der Waals surface area contributed by atoms with E-state index in [0.717, 1.165) is 11.4 Å². The molecule has 0 aliphatic heterocycles. The first-order valence-corrected chi connectivity index (χ1v) is 10.3. The maximum atomic E-state index is 13.3. The molecule has 0 unspecified atom stereocenters. The molecule has 0 radical (unpaired) electrons. The van der Waals surface area contributed by atoms with Crippen molar-refractivity contribution in [1.82, 2.24) is 14.1 Å². The first-order chi connectivity index (χ1) is 13.2. The van der Waals surface area contributed by atoms with Gasteiger partial charge in [-0.2, -0.15) is 0 Å². The Kier molecular flexibility index (Phi) is 4.94. The van der Waals surface area contributed by atoms with Crippen LogP contribution in [0.4, 0.5) is 0 Å². The van der Waals surface area contributed by atoms with Gasteiger partial charge in [0.15, 0.2) is 14.8 Å². The molecule has 132 valence electrons. The fourth-order valence-corrected chi connectivity index (χ4v) is 4.74. The smallest absolute Gasteiger partial charge is 0.275 e. The van der Waals surface area contributed by atoms with Crippen LogP contribution in [0.2, 0.25) is 0 Å². The molecular formula is C20H13N3OS3. The first-order valence-electron chi connectivity index (χ1n) is 8.06. The van der Waals surface area contributed by atoms with E-state index in [1.54, 1.807) is 4.57 Å². The molecule has 0 aliphatic carbocycles. The van der Waals surface area contributed by atoms with Crippen molar-refractivity contribution in [3.05, 3.63) is 75.0 Å². The molecule has 0 aliphatic rings. The number of fused-ring (bicyclic) bond motifs is 1.